The zero-order valence-corrected chi connectivity index (χ0v) is 8.13. The summed E-state index contributed by atoms with van der Waals surface area (Å²) in [7, 11) is 0. The zero-order chi connectivity index (χ0) is 9.84. The molecule has 0 heterocycles. The van der Waals surface area contributed by atoms with E-state index in [0.717, 1.165) is 29.4 Å². The van der Waals surface area contributed by atoms with E-state index in [2.05, 4.69) is 6.58 Å². The van der Waals surface area contributed by atoms with Gasteiger partial charge in [0.05, 0.1) is 0 Å². The quantitative estimate of drug-likeness (QED) is 0.508. The topological polar surface area (TPSA) is 17.1 Å². The Morgan fingerprint density at radius 2 is 2.23 bits per heavy atom. The van der Waals surface area contributed by atoms with Crippen molar-refractivity contribution in [2.75, 3.05) is 0 Å². The van der Waals surface area contributed by atoms with E-state index in [-0.39, 0.29) is 0 Å². The van der Waals surface area contributed by atoms with Gasteiger partial charge >= 0.3 is 0 Å². The van der Waals surface area contributed by atoms with Crippen LogP contribution < -0.4 is 0 Å². The summed E-state index contributed by atoms with van der Waals surface area (Å²) in [6.45, 7) is 7.83. The average molecular weight is 174 g/mol. The number of aryl methyl sites for hydroxylation is 1. The fourth-order valence-electron chi connectivity index (χ4n) is 1.33. The molecule has 0 bridgehead atoms. The first-order valence-electron chi connectivity index (χ1n) is 4.32. The molecule has 0 saturated carbocycles. The highest BCUT2D eigenvalue weighted by molar-refractivity contribution is 5.77. The van der Waals surface area contributed by atoms with E-state index in [4.69, 9.17) is 0 Å². The van der Waals surface area contributed by atoms with Gasteiger partial charge in [-0.15, -0.1) is 0 Å². The molecule has 0 spiro atoms. The van der Waals surface area contributed by atoms with Crippen molar-refractivity contribution in [3.05, 3.63) is 47.0 Å². The van der Waals surface area contributed by atoms with Gasteiger partial charge in [0, 0.05) is 5.56 Å². The van der Waals surface area contributed by atoms with Crippen LogP contribution in [0.1, 0.15) is 28.4 Å². The first kappa shape index (κ1) is 9.72. The Kier molecular flexibility index (Phi) is 3.02. The number of rotatable bonds is 3. The Hall–Kier alpha value is -1.37. The summed E-state index contributed by atoms with van der Waals surface area (Å²) < 4.78 is 0. The van der Waals surface area contributed by atoms with Gasteiger partial charge in [0.1, 0.15) is 6.29 Å². The second-order valence-corrected chi connectivity index (χ2v) is 3.45. The van der Waals surface area contributed by atoms with Crippen molar-refractivity contribution in [3.63, 3.8) is 0 Å². The van der Waals surface area contributed by atoms with Gasteiger partial charge in [-0.25, -0.2) is 0 Å². The molecule has 0 unspecified atom stereocenters. The van der Waals surface area contributed by atoms with Gasteiger partial charge in [0.15, 0.2) is 0 Å². The van der Waals surface area contributed by atoms with Gasteiger partial charge in [0.2, 0.25) is 0 Å². The van der Waals surface area contributed by atoms with Crippen molar-refractivity contribution in [1.29, 1.82) is 0 Å². The van der Waals surface area contributed by atoms with Crippen LogP contribution in [0, 0.1) is 6.92 Å². The zero-order valence-electron chi connectivity index (χ0n) is 8.13. The first-order chi connectivity index (χ1) is 6.13. The molecule has 0 fully saturated rings. The molecule has 0 aliphatic heterocycles. The lowest BCUT2D eigenvalue weighted by molar-refractivity contribution is 0.112. The van der Waals surface area contributed by atoms with Gasteiger partial charge in [-0.3, -0.25) is 4.79 Å². The highest BCUT2D eigenvalue weighted by atomic mass is 16.1. The second-order valence-electron chi connectivity index (χ2n) is 3.45. The van der Waals surface area contributed by atoms with E-state index in [1.807, 2.05) is 32.0 Å². The van der Waals surface area contributed by atoms with Gasteiger partial charge in [-0.1, -0.05) is 35.9 Å². The maximum Gasteiger partial charge on any atom is 0.150 e. The van der Waals surface area contributed by atoms with Crippen LogP contribution in [0.5, 0.6) is 0 Å². The van der Waals surface area contributed by atoms with Crippen molar-refractivity contribution in [1.82, 2.24) is 0 Å². The van der Waals surface area contributed by atoms with Crippen LogP contribution >= 0.6 is 0 Å². The van der Waals surface area contributed by atoms with Crippen LogP contribution in [-0.2, 0) is 6.42 Å². The summed E-state index contributed by atoms with van der Waals surface area (Å²) in [5.41, 5.74) is 4.10. The van der Waals surface area contributed by atoms with Crippen molar-refractivity contribution in [3.8, 4) is 0 Å². The first-order valence-corrected chi connectivity index (χ1v) is 4.32. The summed E-state index contributed by atoms with van der Waals surface area (Å²) in [4.78, 5) is 10.7. The molecule has 13 heavy (non-hydrogen) atoms. The van der Waals surface area contributed by atoms with E-state index in [1.165, 1.54) is 5.56 Å². The third-order valence-corrected chi connectivity index (χ3v) is 1.92. The molecule has 0 aromatic heterocycles. The number of allylic oxidation sites excluding steroid dienone is 1. The Bertz CT molecular complexity index is 337. The lowest BCUT2D eigenvalue weighted by Gasteiger charge is -2.05. The molecule has 1 nitrogen and oxygen atoms in total. The molecule has 1 heteroatoms. The summed E-state index contributed by atoms with van der Waals surface area (Å²) in [5.74, 6) is 0. The molecule has 68 valence electrons. The molecule has 1 aromatic rings. The summed E-state index contributed by atoms with van der Waals surface area (Å²) >= 11 is 0. The van der Waals surface area contributed by atoms with Gasteiger partial charge in [-0.2, -0.15) is 0 Å². The lowest BCUT2D eigenvalue weighted by Crippen LogP contribution is -1.94. The van der Waals surface area contributed by atoms with E-state index in [9.17, 15) is 4.79 Å². The molecule has 0 amide bonds. The molecule has 0 atom stereocenters. The standard InChI is InChI=1S/C12H14O/c1-9(2)6-12-7-10(3)4-5-11(12)8-13/h4-5,7-8H,1,6H2,2-3H3. The maximum absolute atomic E-state index is 10.7. The second kappa shape index (κ2) is 4.04. The Morgan fingerprint density at radius 1 is 1.54 bits per heavy atom. The molecule has 0 radical (unpaired) electrons. The van der Waals surface area contributed by atoms with Crippen LogP contribution in [0.2, 0.25) is 0 Å². The van der Waals surface area contributed by atoms with Crippen molar-refractivity contribution >= 4 is 6.29 Å². The van der Waals surface area contributed by atoms with Gasteiger partial charge in [-0.05, 0) is 25.8 Å². The number of aldehydes is 1. The number of hydrogen-bond donors (Lipinski definition) is 0. The molecular formula is C12H14O. The van der Waals surface area contributed by atoms with Crippen LogP contribution in [0.3, 0.4) is 0 Å². The number of carbonyl (C=O) groups excluding carboxylic acids is 1. The van der Waals surface area contributed by atoms with Crippen LogP contribution in [0.4, 0.5) is 0 Å². The molecule has 0 aliphatic rings. The summed E-state index contributed by atoms with van der Waals surface area (Å²) in [5, 5.41) is 0. The minimum absolute atomic E-state index is 0.772. The maximum atomic E-state index is 10.7. The fraction of sp³-hybridized carbons (Fsp3) is 0.250. The molecular weight excluding hydrogens is 160 g/mol. The SMILES string of the molecule is C=C(C)Cc1cc(C)ccc1C=O. The Labute approximate surface area is 79.1 Å². The number of carbonyl (C=O) groups is 1. The minimum atomic E-state index is 0.772. The lowest BCUT2D eigenvalue weighted by atomic mass is 10.00. The van der Waals surface area contributed by atoms with Crippen LogP contribution in [0.25, 0.3) is 0 Å². The van der Waals surface area contributed by atoms with Gasteiger partial charge in [0.25, 0.3) is 0 Å². The largest absolute Gasteiger partial charge is 0.298 e. The summed E-state index contributed by atoms with van der Waals surface area (Å²) in [6, 6.07) is 5.85. The number of benzene rings is 1. The predicted molar refractivity (Wildman–Crippen MR) is 55.1 cm³/mol. The smallest absolute Gasteiger partial charge is 0.150 e. The molecule has 1 aromatic carbocycles. The predicted octanol–water partition coefficient (Wildman–Crippen LogP) is 2.93. The van der Waals surface area contributed by atoms with Crippen molar-refractivity contribution < 1.29 is 4.79 Å². The van der Waals surface area contributed by atoms with E-state index < -0.39 is 0 Å². The van der Waals surface area contributed by atoms with E-state index >= 15 is 0 Å². The monoisotopic (exact) mass is 174 g/mol. The molecule has 0 saturated heterocycles. The highest BCUT2D eigenvalue weighted by Crippen LogP contribution is 2.13. The van der Waals surface area contributed by atoms with E-state index in [1.54, 1.807) is 0 Å². The minimum Gasteiger partial charge on any atom is -0.298 e. The van der Waals surface area contributed by atoms with Gasteiger partial charge < -0.3 is 0 Å². The van der Waals surface area contributed by atoms with Crippen molar-refractivity contribution in [2.24, 2.45) is 0 Å². The normalized spacial score (nSPS) is 9.69. The van der Waals surface area contributed by atoms with Crippen molar-refractivity contribution in [2.45, 2.75) is 20.3 Å². The van der Waals surface area contributed by atoms with Crippen LogP contribution in [0.15, 0.2) is 30.4 Å². The highest BCUT2D eigenvalue weighted by Gasteiger charge is 2.01. The Balaban J connectivity index is 3.07. The van der Waals surface area contributed by atoms with Crippen LogP contribution in [-0.4, -0.2) is 6.29 Å². The van der Waals surface area contributed by atoms with E-state index in [0.29, 0.717) is 0 Å². The Morgan fingerprint density at radius 3 is 2.77 bits per heavy atom. The molecule has 0 N–H and O–H groups in total. The summed E-state index contributed by atoms with van der Waals surface area (Å²) in [6.07, 6.45) is 1.69. The third-order valence-electron chi connectivity index (χ3n) is 1.92. The molecule has 1 rings (SSSR count). The molecule has 0 aliphatic carbocycles. The fourth-order valence-corrected chi connectivity index (χ4v) is 1.33. The third kappa shape index (κ3) is 2.55. The number of hydrogen-bond acceptors (Lipinski definition) is 1. The average Bonchev–Trinajstić information content (AvgIpc) is 2.03.